The van der Waals surface area contributed by atoms with Gasteiger partial charge in [-0.15, -0.1) is 0 Å². The number of rotatable bonds is 3. The maximum atomic E-state index is 13.8. The van der Waals surface area contributed by atoms with Gasteiger partial charge in [0.15, 0.2) is 5.82 Å². The molecule has 1 aromatic heterocycles. The van der Waals surface area contributed by atoms with Crippen LogP contribution in [-0.2, 0) is 22.6 Å². The van der Waals surface area contributed by atoms with E-state index in [0.29, 0.717) is 35.9 Å². The van der Waals surface area contributed by atoms with E-state index in [1.165, 1.54) is 4.90 Å². The van der Waals surface area contributed by atoms with Gasteiger partial charge in [-0.05, 0) is 49.2 Å². The van der Waals surface area contributed by atoms with Crippen LogP contribution < -0.4 is 15.4 Å². The Kier molecular flexibility index (Phi) is 9.58. The minimum atomic E-state index is -0.796. The molecule has 5 rings (SSSR count). The summed E-state index contributed by atoms with van der Waals surface area (Å²) in [6, 6.07) is 18.5. The molecule has 0 saturated carbocycles. The Morgan fingerprint density at radius 2 is 1.73 bits per heavy atom. The fourth-order valence-corrected chi connectivity index (χ4v) is 4.92. The SMILES string of the molecule is C[C@@H]1NC(=O)CN(C(=O)Cc2cc(F)cc(F)c2)CCCNC(=O)c2cccc(c2)OCCn2nc(-c3ccccc3)nc21. The van der Waals surface area contributed by atoms with Crippen LogP contribution in [0.4, 0.5) is 8.78 Å². The molecule has 0 fully saturated rings. The molecule has 0 aliphatic carbocycles. The number of carbonyl (C=O) groups excluding carboxylic acids is 3. The first-order chi connectivity index (χ1) is 21.2. The number of hydrogen-bond donors (Lipinski definition) is 2. The Labute approximate surface area is 253 Å². The van der Waals surface area contributed by atoms with Gasteiger partial charge in [-0.1, -0.05) is 36.4 Å². The molecular formula is C32H32F2N6O4. The highest BCUT2D eigenvalue weighted by atomic mass is 19.1. The molecule has 0 saturated heterocycles. The summed E-state index contributed by atoms with van der Waals surface area (Å²) in [6.45, 7) is 2.34. The topological polar surface area (TPSA) is 118 Å². The van der Waals surface area contributed by atoms with E-state index >= 15 is 0 Å². The van der Waals surface area contributed by atoms with Gasteiger partial charge in [0.1, 0.15) is 29.8 Å². The maximum absolute atomic E-state index is 13.8. The molecule has 44 heavy (non-hydrogen) atoms. The highest BCUT2D eigenvalue weighted by Crippen LogP contribution is 2.20. The highest BCUT2D eigenvalue weighted by molar-refractivity contribution is 5.94. The van der Waals surface area contributed by atoms with Crippen molar-refractivity contribution >= 4 is 17.7 Å². The molecule has 2 N–H and O–H groups in total. The molecule has 1 aliphatic heterocycles. The van der Waals surface area contributed by atoms with E-state index in [1.807, 2.05) is 30.3 Å². The molecule has 10 nitrogen and oxygen atoms in total. The molecule has 0 spiro atoms. The van der Waals surface area contributed by atoms with E-state index in [9.17, 15) is 23.2 Å². The van der Waals surface area contributed by atoms with Gasteiger partial charge >= 0.3 is 0 Å². The van der Waals surface area contributed by atoms with Crippen LogP contribution in [-0.4, -0.2) is 63.6 Å². The summed E-state index contributed by atoms with van der Waals surface area (Å²) in [7, 11) is 0. The van der Waals surface area contributed by atoms with Gasteiger partial charge in [-0.25, -0.2) is 18.4 Å². The lowest BCUT2D eigenvalue weighted by Gasteiger charge is -2.24. The second kappa shape index (κ2) is 13.9. The summed E-state index contributed by atoms with van der Waals surface area (Å²) >= 11 is 0. The Hall–Kier alpha value is -5.13. The lowest BCUT2D eigenvalue weighted by molar-refractivity contribution is -0.135. The predicted molar refractivity (Wildman–Crippen MR) is 158 cm³/mol. The molecule has 12 heteroatoms. The lowest BCUT2D eigenvalue weighted by atomic mass is 10.1. The smallest absolute Gasteiger partial charge is 0.251 e. The summed E-state index contributed by atoms with van der Waals surface area (Å²) in [6.07, 6.45) is 0.0359. The van der Waals surface area contributed by atoms with Crippen LogP contribution in [0.1, 0.15) is 41.1 Å². The van der Waals surface area contributed by atoms with Crippen LogP contribution in [0.15, 0.2) is 72.8 Å². The van der Waals surface area contributed by atoms with Crippen LogP contribution in [0.3, 0.4) is 0 Å². The minimum absolute atomic E-state index is 0.121. The van der Waals surface area contributed by atoms with Crippen molar-refractivity contribution in [2.75, 3.05) is 26.2 Å². The van der Waals surface area contributed by atoms with E-state index in [-0.39, 0.29) is 44.1 Å². The molecule has 228 valence electrons. The van der Waals surface area contributed by atoms with E-state index in [1.54, 1.807) is 35.9 Å². The van der Waals surface area contributed by atoms with Crippen molar-refractivity contribution in [3.05, 3.63) is 101 Å². The molecule has 0 unspecified atom stereocenters. The standard InChI is InChI=1S/C32H32F2N6O4/c1-21-31-37-30(23-7-3-2-4-8-23)38-40(31)13-14-44-27-10-5-9-24(18-27)32(43)35-11-6-12-39(20-28(41)36-21)29(42)17-22-15-25(33)19-26(34)16-22/h2-5,7-10,15-16,18-19,21H,6,11-14,17,20H2,1H3,(H,35,43)(H,36,41)/t21-/m0/s1. The number of hydrogen-bond acceptors (Lipinski definition) is 6. The normalized spacial score (nSPS) is 16.5. The van der Waals surface area contributed by atoms with Crippen LogP contribution in [0.5, 0.6) is 5.75 Å². The number of nitrogens with zero attached hydrogens (tertiary/aromatic N) is 4. The van der Waals surface area contributed by atoms with Crippen LogP contribution >= 0.6 is 0 Å². The van der Waals surface area contributed by atoms with Gasteiger partial charge < -0.3 is 20.3 Å². The number of fused-ring (bicyclic) bond motifs is 3. The number of amides is 3. The molecule has 1 aliphatic rings. The number of ether oxygens (including phenoxy) is 1. The average Bonchev–Trinajstić information content (AvgIpc) is 3.42. The largest absolute Gasteiger partial charge is 0.492 e. The number of carbonyl (C=O) groups is 3. The van der Waals surface area contributed by atoms with Gasteiger partial charge in [-0.3, -0.25) is 14.4 Å². The second-order valence-electron chi connectivity index (χ2n) is 10.4. The molecule has 1 atom stereocenters. The van der Waals surface area contributed by atoms with Crippen molar-refractivity contribution in [1.82, 2.24) is 30.3 Å². The molecule has 3 aromatic carbocycles. The number of aromatic nitrogens is 3. The third kappa shape index (κ3) is 7.82. The van der Waals surface area contributed by atoms with E-state index in [0.717, 1.165) is 23.8 Å². The Morgan fingerprint density at radius 3 is 2.50 bits per heavy atom. The molecule has 2 heterocycles. The first kappa shape index (κ1) is 30.3. The quantitative estimate of drug-likeness (QED) is 0.370. The molecule has 2 bridgehead atoms. The fraction of sp³-hybridized carbons (Fsp3) is 0.281. The zero-order valence-corrected chi connectivity index (χ0v) is 24.1. The predicted octanol–water partition coefficient (Wildman–Crippen LogP) is 3.68. The number of nitrogens with one attached hydrogen (secondary N) is 2. The van der Waals surface area contributed by atoms with E-state index in [2.05, 4.69) is 15.7 Å². The average molecular weight is 603 g/mol. The minimum Gasteiger partial charge on any atom is -0.492 e. The highest BCUT2D eigenvalue weighted by Gasteiger charge is 2.23. The Bertz CT molecular complexity index is 1620. The van der Waals surface area contributed by atoms with Crippen molar-refractivity contribution in [2.24, 2.45) is 0 Å². The molecule has 4 aromatic rings. The van der Waals surface area contributed by atoms with Crippen LogP contribution in [0.2, 0.25) is 0 Å². The number of benzene rings is 3. The van der Waals surface area contributed by atoms with Gasteiger partial charge in [-0.2, -0.15) is 5.10 Å². The zero-order chi connectivity index (χ0) is 31.1. The molecule has 3 amide bonds. The summed E-state index contributed by atoms with van der Waals surface area (Å²) in [5, 5.41) is 10.4. The monoisotopic (exact) mass is 602 g/mol. The van der Waals surface area contributed by atoms with Crippen LogP contribution in [0.25, 0.3) is 11.4 Å². The van der Waals surface area contributed by atoms with Crippen molar-refractivity contribution in [3.8, 4) is 17.1 Å². The van der Waals surface area contributed by atoms with Crippen molar-refractivity contribution in [1.29, 1.82) is 0 Å². The Balaban J connectivity index is 1.41. The summed E-state index contributed by atoms with van der Waals surface area (Å²) in [5.41, 5.74) is 1.36. The first-order valence-electron chi connectivity index (χ1n) is 14.3. The third-order valence-electron chi connectivity index (χ3n) is 7.02. The van der Waals surface area contributed by atoms with Gasteiger partial charge in [0.25, 0.3) is 5.91 Å². The summed E-state index contributed by atoms with van der Waals surface area (Å²) < 4.78 is 35.1. The number of halogens is 2. The summed E-state index contributed by atoms with van der Waals surface area (Å²) in [4.78, 5) is 45.3. The maximum Gasteiger partial charge on any atom is 0.251 e. The summed E-state index contributed by atoms with van der Waals surface area (Å²) in [5.74, 6) is -1.38. The molecule has 0 radical (unpaired) electrons. The Morgan fingerprint density at radius 1 is 0.977 bits per heavy atom. The van der Waals surface area contributed by atoms with Crippen LogP contribution in [0, 0.1) is 11.6 Å². The van der Waals surface area contributed by atoms with E-state index < -0.39 is 29.5 Å². The second-order valence-corrected chi connectivity index (χ2v) is 10.4. The van der Waals surface area contributed by atoms with Crippen molar-refractivity contribution < 1.29 is 27.9 Å². The first-order valence-corrected chi connectivity index (χ1v) is 14.3. The zero-order valence-electron chi connectivity index (χ0n) is 24.1. The van der Waals surface area contributed by atoms with Crippen molar-refractivity contribution in [2.45, 2.75) is 32.4 Å². The van der Waals surface area contributed by atoms with Gasteiger partial charge in [0.05, 0.1) is 25.6 Å². The van der Waals surface area contributed by atoms with Gasteiger partial charge in [0.2, 0.25) is 11.8 Å². The van der Waals surface area contributed by atoms with Gasteiger partial charge in [0, 0.05) is 30.3 Å². The lowest BCUT2D eigenvalue weighted by Crippen LogP contribution is -2.43. The molecular weight excluding hydrogens is 570 g/mol. The fourth-order valence-electron chi connectivity index (χ4n) is 4.92. The van der Waals surface area contributed by atoms with Crippen molar-refractivity contribution in [3.63, 3.8) is 0 Å². The third-order valence-corrected chi connectivity index (χ3v) is 7.02. The van der Waals surface area contributed by atoms with E-state index in [4.69, 9.17) is 9.72 Å².